The molecule has 3 N–H and O–H groups in total. The SMILES string of the molecule is C[C@H]1C[C@@]2(C)C(=CC1=O)CC[C@@H]1[C@@H]2[C@@H](O)C[C@@]2(C)[C@H]1CC[C@@]2(O)C(=O)CO. The zero-order valence-electron chi connectivity index (χ0n) is 16.6. The smallest absolute Gasteiger partial charge is 0.190 e. The lowest BCUT2D eigenvalue weighted by atomic mass is 9.45. The molecule has 150 valence electrons. The Labute approximate surface area is 160 Å². The van der Waals surface area contributed by atoms with Crippen LogP contribution in [0.3, 0.4) is 0 Å². The fraction of sp³-hybridized carbons (Fsp3) is 0.818. The summed E-state index contributed by atoms with van der Waals surface area (Å²) in [4.78, 5) is 24.6. The molecule has 8 atom stereocenters. The molecule has 27 heavy (non-hydrogen) atoms. The number of fused-ring (bicyclic) bond motifs is 5. The van der Waals surface area contributed by atoms with Crippen molar-refractivity contribution in [1.82, 2.24) is 0 Å². The second-order valence-electron chi connectivity index (χ2n) is 10.1. The zero-order chi connectivity index (χ0) is 19.8. The van der Waals surface area contributed by atoms with E-state index in [0.717, 1.165) is 25.7 Å². The highest BCUT2D eigenvalue weighted by Gasteiger charge is 2.68. The van der Waals surface area contributed by atoms with Crippen LogP contribution in [0.1, 0.15) is 59.3 Å². The topological polar surface area (TPSA) is 94.8 Å². The molecule has 4 aliphatic rings. The van der Waals surface area contributed by atoms with Gasteiger partial charge in [-0.1, -0.05) is 26.3 Å². The number of ketones is 2. The molecule has 0 aromatic carbocycles. The standard InChI is InChI=1S/C22H32O5/c1-12-9-20(2)13(8-16(12)24)4-5-14-15-6-7-22(27,18(26)11-23)21(15,3)10-17(25)19(14)20/h8,12,14-15,17,19,23,25,27H,4-7,9-11H2,1-3H3/t12-,14-,15-,17-,19+,20-,21-,22+/m0/s1. The highest BCUT2D eigenvalue weighted by molar-refractivity contribution is 5.93. The van der Waals surface area contributed by atoms with Gasteiger partial charge in [0.2, 0.25) is 0 Å². The maximum absolute atomic E-state index is 12.4. The summed E-state index contributed by atoms with van der Waals surface area (Å²) < 4.78 is 0. The third-order valence-electron chi connectivity index (χ3n) is 8.96. The van der Waals surface area contributed by atoms with Gasteiger partial charge in [-0.3, -0.25) is 9.59 Å². The number of allylic oxidation sites excluding steroid dienone is 1. The molecule has 4 aliphatic carbocycles. The zero-order valence-corrected chi connectivity index (χ0v) is 16.6. The molecule has 0 amide bonds. The van der Waals surface area contributed by atoms with E-state index >= 15 is 0 Å². The minimum atomic E-state index is -1.55. The van der Waals surface area contributed by atoms with E-state index in [0.29, 0.717) is 12.8 Å². The number of rotatable bonds is 2. The lowest BCUT2D eigenvalue weighted by molar-refractivity contribution is -0.183. The van der Waals surface area contributed by atoms with Crippen molar-refractivity contribution in [3.8, 4) is 0 Å². The number of carbonyl (C=O) groups is 2. The summed E-state index contributed by atoms with van der Waals surface area (Å²) in [5, 5.41) is 31.9. The van der Waals surface area contributed by atoms with Gasteiger partial charge >= 0.3 is 0 Å². The minimum Gasteiger partial charge on any atom is -0.393 e. The molecule has 4 rings (SSSR count). The number of aliphatic hydroxyl groups excluding tert-OH is 2. The van der Waals surface area contributed by atoms with Gasteiger partial charge in [0.15, 0.2) is 11.6 Å². The van der Waals surface area contributed by atoms with Crippen molar-refractivity contribution in [2.24, 2.45) is 34.5 Å². The van der Waals surface area contributed by atoms with Crippen molar-refractivity contribution in [3.63, 3.8) is 0 Å². The van der Waals surface area contributed by atoms with Gasteiger partial charge in [-0.15, -0.1) is 0 Å². The maximum Gasteiger partial charge on any atom is 0.190 e. The van der Waals surface area contributed by atoms with Crippen LogP contribution in [0, 0.1) is 34.5 Å². The number of aliphatic hydroxyl groups is 3. The number of Topliss-reactive ketones (excluding diaryl/α,β-unsaturated/α-hetero) is 1. The first-order valence-electron chi connectivity index (χ1n) is 10.4. The molecule has 3 saturated carbocycles. The first-order valence-corrected chi connectivity index (χ1v) is 10.4. The largest absolute Gasteiger partial charge is 0.393 e. The Morgan fingerprint density at radius 1 is 1.26 bits per heavy atom. The summed E-state index contributed by atoms with van der Waals surface area (Å²) in [6.07, 6.45) is 5.17. The van der Waals surface area contributed by atoms with Gasteiger partial charge in [-0.2, -0.15) is 0 Å². The van der Waals surface area contributed by atoms with E-state index in [2.05, 4.69) is 6.92 Å². The fourth-order valence-corrected chi connectivity index (χ4v) is 7.62. The lowest BCUT2D eigenvalue weighted by Gasteiger charge is -2.60. The lowest BCUT2D eigenvalue weighted by Crippen LogP contribution is -2.62. The molecule has 0 aromatic heterocycles. The molecular formula is C22H32O5. The van der Waals surface area contributed by atoms with Gasteiger partial charge in [0, 0.05) is 11.3 Å². The molecule has 0 spiro atoms. The Kier molecular flexibility index (Phi) is 4.27. The monoisotopic (exact) mass is 376 g/mol. The summed E-state index contributed by atoms with van der Waals surface area (Å²) in [5.41, 5.74) is -1.28. The van der Waals surface area contributed by atoms with Crippen LogP contribution in [0.2, 0.25) is 0 Å². The van der Waals surface area contributed by atoms with Crippen molar-refractivity contribution in [1.29, 1.82) is 0 Å². The molecule has 3 fully saturated rings. The minimum absolute atomic E-state index is 0.0329. The van der Waals surface area contributed by atoms with Gasteiger partial charge in [-0.05, 0) is 67.8 Å². The third-order valence-corrected chi connectivity index (χ3v) is 8.96. The average molecular weight is 376 g/mol. The van der Waals surface area contributed by atoms with E-state index in [1.165, 1.54) is 5.57 Å². The number of hydrogen-bond acceptors (Lipinski definition) is 5. The van der Waals surface area contributed by atoms with Crippen molar-refractivity contribution < 1.29 is 24.9 Å². The second-order valence-corrected chi connectivity index (χ2v) is 10.1. The molecule has 0 saturated heterocycles. The van der Waals surface area contributed by atoms with E-state index in [9.17, 15) is 24.9 Å². The van der Waals surface area contributed by atoms with Crippen molar-refractivity contribution >= 4 is 11.6 Å². The molecule has 0 bridgehead atoms. The molecule has 5 nitrogen and oxygen atoms in total. The Balaban J connectivity index is 1.74. The van der Waals surface area contributed by atoms with Crippen molar-refractivity contribution in [2.45, 2.75) is 71.0 Å². The number of carbonyl (C=O) groups excluding carboxylic acids is 2. The van der Waals surface area contributed by atoms with E-state index in [1.807, 2.05) is 19.9 Å². The predicted octanol–water partition coefficient (Wildman–Crippen LogP) is 2.03. The Morgan fingerprint density at radius 2 is 1.96 bits per heavy atom. The summed E-state index contributed by atoms with van der Waals surface area (Å²) in [6.45, 7) is 5.44. The van der Waals surface area contributed by atoms with Crippen LogP contribution in [0.4, 0.5) is 0 Å². The third kappa shape index (κ3) is 2.34. The summed E-state index contributed by atoms with van der Waals surface area (Å²) in [5.74, 6) is 0.0733. The first kappa shape index (κ1) is 19.3. The van der Waals surface area contributed by atoms with Crippen LogP contribution in [-0.4, -0.2) is 45.2 Å². The Bertz CT molecular complexity index is 713. The summed E-state index contributed by atoms with van der Waals surface area (Å²) >= 11 is 0. The van der Waals surface area contributed by atoms with E-state index in [1.54, 1.807) is 0 Å². The Hall–Kier alpha value is -1.04. The second kappa shape index (κ2) is 5.98. The molecule has 0 unspecified atom stereocenters. The normalized spacial score (nSPS) is 51.9. The van der Waals surface area contributed by atoms with Crippen LogP contribution in [-0.2, 0) is 9.59 Å². The first-order chi connectivity index (χ1) is 12.6. The molecular weight excluding hydrogens is 344 g/mol. The summed E-state index contributed by atoms with van der Waals surface area (Å²) in [6, 6.07) is 0. The van der Waals surface area contributed by atoms with Crippen LogP contribution >= 0.6 is 0 Å². The van der Waals surface area contributed by atoms with Gasteiger partial charge in [0.05, 0.1) is 6.10 Å². The average Bonchev–Trinajstić information content (AvgIpc) is 2.87. The van der Waals surface area contributed by atoms with Gasteiger partial charge in [-0.25, -0.2) is 0 Å². The highest BCUT2D eigenvalue weighted by Crippen LogP contribution is 2.67. The van der Waals surface area contributed by atoms with Gasteiger partial charge < -0.3 is 15.3 Å². The van der Waals surface area contributed by atoms with Gasteiger partial charge in [0.25, 0.3) is 0 Å². The molecule has 5 heteroatoms. The number of hydrogen-bond donors (Lipinski definition) is 3. The van der Waals surface area contributed by atoms with E-state index in [4.69, 9.17) is 0 Å². The van der Waals surface area contributed by atoms with Crippen LogP contribution in [0.5, 0.6) is 0 Å². The fourth-order valence-electron chi connectivity index (χ4n) is 7.62. The van der Waals surface area contributed by atoms with Crippen LogP contribution < -0.4 is 0 Å². The molecule has 0 aromatic rings. The van der Waals surface area contributed by atoms with Crippen molar-refractivity contribution in [3.05, 3.63) is 11.6 Å². The van der Waals surface area contributed by atoms with Crippen LogP contribution in [0.15, 0.2) is 11.6 Å². The summed E-state index contributed by atoms with van der Waals surface area (Å²) in [7, 11) is 0. The Morgan fingerprint density at radius 3 is 2.63 bits per heavy atom. The van der Waals surface area contributed by atoms with Gasteiger partial charge in [0.1, 0.15) is 12.2 Å². The molecule has 0 radical (unpaired) electrons. The molecule has 0 aliphatic heterocycles. The maximum atomic E-state index is 12.4. The quantitative estimate of drug-likeness (QED) is 0.685. The highest BCUT2D eigenvalue weighted by atomic mass is 16.3. The predicted molar refractivity (Wildman–Crippen MR) is 99.7 cm³/mol. The van der Waals surface area contributed by atoms with E-state index < -0.39 is 29.5 Å². The molecule has 0 heterocycles. The van der Waals surface area contributed by atoms with Crippen LogP contribution in [0.25, 0.3) is 0 Å². The van der Waals surface area contributed by atoms with E-state index in [-0.39, 0.29) is 34.9 Å². The van der Waals surface area contributed by atoms with Crippen molar-refractivity contribution in [2.75, 3.05) is 6.61 Å².